The van der Waals surface area contributed by atoms with E-state index in [1.54, 1.807) is 12.1 Å². The lowest BCUT2D eigenvalue weighted by atomic mass is 9.87. The number of nitrogens with zero attached hydrogens (tertiary/aromatic N) is 1. The molecule has 1 aliphatic heterocycles. The highest BCUT2D eigenvalue weighted by Gasteiger charge is 2.30. The number of amides is 2. The monoisotopic (exact) mass is 436 g/mol. The highest BCUT2D eigenvalue weighted by atomic mass is 19.1. The third-order valence-electron chi connectivity index (χ3n) is 7.15. The normalized spacial score (nSPS) is 17.9. The van der Waals surface area contributed by atoms with E-state index in [2.05, 4.69) is 5.32 Å². The van der Waals surface area contributed by atoms with Gasteiger partial charge in [0.05, 0.1) is 5.56 Å². The lowest BCUT2D eigenvalue weighted by molar-refractivity contribution is -0.137. The van der Waals surface area contributed by atoms with E-state index in [4.69, 9.17) is 0 Å². The van der Waals surface area contributed by atoms with Crippen molar-refractivity contribution in [2.45, 2.75) is 64.8 Å². The second kappa shape index (κ2) is 9.85. The third-order valence-corrected chi connectivity index (χ3v) is 7.15. The molecule has 2 amide bonds. The Morgan fingerprint density at radius 1 is 0.875 bits per heavy atom. The van der Waals surface area contributed by atoms with Crippen LogP contribution in [0.5, 0.6) is 0 Å². The summed E-state index contributed by atoms with van der Waals surface area (Å²) in [5, 5.41) is 2.97. The molecule has 0 aromatic heterocycles. The van der Waals surface area contributed by atoms with Crippen molar-refractivity contribution in [2.24, 2.45) is 5.92 Å². The summed E-state index contributed by atoms with van der Waals surface area (Å²) in [6.45, 7) is 5.40. The number of hydrogen-bond donors (Lipinski definition) is 1. The van der Waals surface area contributed by atoms with E-state index in [-0.39, 0.29) is 29.3 Å². The van der Waals surface area contributed by atoms with E-state index in [9.17, 15) is 14.0 Å². The zero-order valence-corrected chi connectivity index (χ0v) is 19.1. The first kappa shape index (κ1) is 22.5. The maximum atomic E-state index is 14.8. The molecule has 2 aliphatic rings. The minimum atomic E-state index is -0.511. The largest absolute Gasteiger partial charge is 0.349 e. The maximum Gasteiger partial charge on any atom is 0.254 e. The highest BCUT2D eigenvalue weighted by molar-refractivity contribution is 5.95. The Morgan fingerprint density at radius 3 is 2.19 bits per heavy atom. The quantitative estimate of drug-likeness (QED) is 0.697. The lowest BCUT2D eigenvalue weighted by Gasteiger charge is -2.35. The van der Waals surface area contributed by atoms with Gasteiger partial charge in [-0.2, -0.15) is 0 Å². The van der Waals surface area contributed by atoms with Crippen LogP contribution in [0.3, 0.4) is 0 Å². The molecule has 1 saturated heterocycles. The molecule has 2 aromatic rings. The highest BCUT2D eigenvalue weighted by Crippen LogP contribution is 2.27. The van der Waals surface area contributed by atoms with Crippen LogP contribution in [-0.2, 0) is 4.79 Å². The van der Waals surface area contributed by atoms with Crippen LogP contribution in [0.25, 0.3) is 11.1 Å². The molecule has 1 saturated carbocycles. The van der Waals surface area contributed by atoms with E-state index in [0.717, 1.165) is 42.4 Å². The number of benzene rings is 2. The minimum Gasteiger partial charge on any atom is -0.349 e. The fourth-order valence-electron chi connectivity index (χ4n) is 4.91. The predicted octanol–water partition coefficient (Wildman–Crippen LogP) is 5.41. The molecule has 2 fully saturated rings. The first-order valence-corrected chi connectivity index (χ1v) is 11.9. The zero-order valence-electron chi connectivity index (χ0n) is 19.1. The van der Waals surface area contributed by atoms with Crippen LogP contribution in [0.4, 0.5) is 4.39 Å². The number of likely N-dealkylation sites (tertiary alicyclic amines) is 1. The van der Waals surface area contributed by atoms with Crippen molar-refractivity contribution < 1.29 is 14.0 Å². The molecule has 4 rings (SSSR count). The second-order valence-electron chi connectivity index (χ2n) is 9.40. The van der Waals surface area contributed by atoms with Gasteiger partial charge in [-0.05, 0) is 73.9 Å². The summed E-state index contributed by atoms with van der Waals surface area (Å²) in [4.78, 5) is 27.4. The van der Waals surface area contributed by atoms with Crippen LogP contribution in [0, 0.1) is 25.6 Å². The van der Waals surface area contributed by atoms with Crippen molar-refractivity contribution in [1.82, 2.24) is 10.2 Å². The van der Waals surface area contributed by atoms with Gasteiger partial charge in [-0.1, -0.05) is 43.5 Å². The summed E-state index contributed by atoms with van der Waals surface area (Å²) in [7, 11) is 0. The van der Waals surface area contributed by atoms with Crippen molar-refractivity contribution in [3.63, 3.8) is 0 Å². The number of carbonyl (C=O) groups is 2. The fourth-order valence-corrected chi connectivity index (χ4v) is 4.91. The van der Waals surface area contributed by atoms with Crippen molar-refractivity contribution in [1.29, 1.82) is 0 Å². The molecule has 0 unspecified atom stereocenters. The van der Waals surface area contributed by atoms with Crippen LogP contribution in [0.15, 0.2) is 36.4 Å². The predicted molar refractivity (Wildman–Crippen MR) is 125 cm³/mol. The zero-order chi connectivity index (χ0) is 22.7. The third kappa shape index (κ3) is 5.03. The standard InChI is InChI=1S/C27H33FN2O2/c1-18-8-9-21(16-19(18)2)22-10-11-24(25(28)17-22)26(31)29-23-12-14-30(15-13-23)27(32)20-6-4-3-5-7-20/h8-11,16-17,20,23H,3-7,12-15H2,1-2H3,(H,29,31). The SMILES string of the molecule is Cc1ccc(-c2ccc(C(=O)NC3CCN(C(=O)C4CCCCC4)CC3)c(F)c2)cc1C. The molecule has 4 nitrogen and oxygen atoms in total. The average Bonchev–Trinajstić information content (AvgIpc) is 2.81. The molecule has 32 heavy (non-hydrogen) atoms. The number of carbonyl (C=O) groups excluding carboxylic acids is 2. The summed E-state index contributed by atoms with van der Waals surface area (Å²) in [6.07, 6.45) is 6.98. The van der Waals surface area contributed by atoms with Gasteiger partial charge < -0.3 is 10.2 Å². The van der Waals surface area contributed by atoms with Crippen molar-refractivity contribution in [3.8, 4) is 11.1 Å². The topological polar surface area (TPSA) is 49.4 Å². The van der Waals surface area contributed by atoms with Gasteiger partial charge in [-0.25, -0.2) is 4.39 Å². The molecular formula is C27H33FN2O2. The average molecular weight is 437 g/mol. The summed E-state index contributed by atoms with van der Waals surface area (Å²) < 4.78 is 14.8. The molecule has 1 heterocycles. The molecule has 170 valence electrons. The Balaban J connectivity index is 1.34. The van der Waals surface area contributed by atoms with Gasteiger partial charge >= 0.3 is 0 Å². The molecule has 0 atom stereocenters. The summed E-state index contributed by atoms with van der Waals surface area (Å²) in [6, 6.07) is 10.8. The van der Waals surface area contributed by atoms with Crippen LogP contribution < -0.4 is 5.32 Å². The van der Waals surface area contributed by atoms with Gasteiger partial charge in [0.25, 0.3) is 5.91 Å². The van der Waals surface area contributed by atoms with Crippen LogP contribution in [-0.4, -0.2) is 35.8 Å². The summed E-state index contributed by atoms with van der Waals surface area (Å²) in [5.74, 6) is -0.434. The fraction of sp³-hybridized carbons (Fsp3) is 0.481. The number of nitrogens with one attached hydrogen (secondary N) is 1. The molecule has 0 bridgehead atoms. The number of piperidine rings is 1. The Kier molecular flexibility index (Phi) is 6.92. The van der Waals surface area contributed by atoms with Crippen LogP contribution in [0.1, 0.15) is 66.4 Å². The molecule has 2 aromatic carbocycles. The molecule has 1 N–H and O–H groups in total. The summed E-state index contributed by atoms with van der Waals surface area (Å²) >= 11 is 0. The Bertz CT molecular complexity index is 989. The maximum absolute atomic E-state index is 14.8. The van der Waals surface area contributed by atoms with E-state index in [1.165, 1.54) is 18.1 Å². The first-order chi connectivity index (χ1) is 15.4. The van der Waals surface area contributed by atoms with E-state index in [0.29, 0.717) is 25.9 Å². The number of halogens is 1. The first-order valence-electron chi connectivity index (χ1n) is 11.9. The van der Waals surface area contributed by atoms with E-state index >= 15 is 0 Å². The van der Waals surface area contributed by atoms with Crippen LogP contribution in [0.2, 0.25) is 0 Å². The van der Waals surface area contributed by atoms with Gasteiger partial charge in [0, 0.05) is 25.0 Å². The number of hydrogen-bond acceptors (Lipinski definition) is 2. The second-order valence-corrected chi connectivity index (χ2v) is 9.40. The Hall–Kier alpha value is -2.69. The number of rotatable bonds is 4. The minimum absolute atomic E-state index is 0.0308. The lowest BCUT2D eigenvalue weighted by Crippen LogP contribution is -2.48. The van der Waals surface area contributed by atoms with E-state index < -0.39 is 5.82 Å². The van der Waals surface area contributed by atoms with Gasteiger partial charge in [0.1, 0.15) is 5.82 Å². The van der Waals surface area contributed by atoms with Gasteiger partial charge in [-0.3, -0.25) is 9.59 Å². The van der Waals surface area contributed by atoms with Crippen LogP contribution >= 0.6 is 0 Å². The molecule has 5 heteroatoms. The molecular weight excluding hydrogens is 403 g/mol. The molecule has 1 aliphatic carbocycles. The molecule has 0 radical (unpaired) electrons. The summed E-state index contributed by atoms with van der Waals surface area (Å²) in [5.41, 5.74) is 4.11. The molecule has 0 spiro atoms. The van der Waals surface area contributed by atoms with Gasteiger partial charge in [-0.15, -0.1) is 0 Å². The van der Waals surface area contributed by atoms with Crippen molar-refractivity contribution >= 4 is 11.8 Å². The van der Waals surface area contributed by atoms with Crippen molar-refractivity contribution in [3.05, 3.63) is 58.9 Å². The smallest absolute Gasteiger partial charge is 0.254 e. The van der Waals surface area contributed by atoms with E-state index in [1.807, 2.05) is 36.9 Å². The Labute approximate surface area is 190 Å². The van der Waals surface area contributed by atoms with Crippen molar-refractivity contribution in [2.75, 3.05) is 13.1 Å². The number of aryl methyl sites for hydroxylation is 2. The van der Waals surface area contributed by atoms with Gasteiger partial charge in [0.2, 0.25) is 5.91 Å². The Morgan fingerprint density at radius 2 is 1.53 bits per heavy atom. The van der Waals surface area contributed by atoms with Gasteiger partial charge in [0.15, 0.2) is 0 Å².